The van der Waals surface area contributed by atoms with Crippen LogP contribution in [0, 0.1) is 5.41 Å². The molecule has 1 saturated heterocycles. The molecular weight excluding hydrogens is 248 g/mol. The molecule has 4 nitrogen and oxygen atoms in total. The first-order chi connectivity index (χ1) is 8.04. The van der Waals surface area contributed by atoms with Crippen molar-refractivity contribution >= 4 is 9.84 Å². The summed E-state index contributed by atoms with van der Waals surface area (Å²) in [5.41, 5.74) is 0.0178. The molecule has 1 aliphatic rings. The Bertz CT molecular complexity index is 368. The van der Waals surface area contributed by atoms with Gasteiger partial charge in [0.15, 0.2) is 9.84 Å². The first-order valence-corrected chi connectivity index (χ1v) is 8.55. The highest BCUT2D eigenvalue weighted by atomic mass is 32.2. The zero-order chi connectivity index (χ0) is 14.0. The van der Waals surface area contributed by atoms with Gasteiger partial charge < -0.3 is 10.2 Å². The first-order valence-electron chi connectivity index (χ1n) is 6.66. The maximum absolute atomic E-state index is 11.8. The van der Waals surface area contributed by atoms with Gasteiger partial charge in [-0.25, -0.2) is 8.42 Å². The van der Waals surface area contributed by atoms with Crippen molar-refractivity contribution in [3.63, 3.8) is 0 Å². The van der Waals surface area contributed by atoms with Gasteiger partial charge in [-0.3, -0.25) is 0 Å². The second-order valence-corrected chi connectivity index (χ2v) is 9.55. The fraction of sp³-hybridized carbons (Fsp3) is 1.00. The van der Waals surface area contributed by atoms with Crippen LogP contribution < -0.4 is 5.32 Å². The van der Waals surface area contributed by atoms with Crippen molar-refractivity contribution in [2.24, 2.45) is 5.41 Å². The minimum absolute atomic E-state index is 0.0178. The fourth-order valence-corrected chi connectivity index (χ4v) is 3.47. The minimum atomic E-state index is -3.01. The number of nitrogens with one attached hydrogen (secondary N) is 1. The molecule has 0 saturated carbocycles. The first kappa shape index (κ1) is 15.9. The normalized spacial score (nSPS) is 20.1. The number of sulfone groups is 1. The Morgan fingerprint density at radius 2 is 1.61 bits per heavy atom. The maximum atomic E-state index is 11.8. The fourth-order valence-electron chi connectivity index (χ4n) is 2.81. The third-order valence-corrected chi connectivity index (χ3v) is 5.92. The molecule has 0 aromatic rings. The Kier molecular flexibility index (Phi) is 4.84. The highest BCUT2D eigenvalue weighted by molar-refractivity contribution is 7.92. The average molecular weight is 276 g/mol. The lowest BCUT2D eigenvalue weighted by Gasteiger charge is -2.39. The molecule has 18 heavy (non-hydrogen) atoms. The zero-order valence-corrected chi connectivity index (χ0v) is 13.2. The summed E-state index contributed by atoms with van der Waals surface area (Å²) in [4.78, 5) is 2.43. The molecule has 0 radical (unpaired) electrons. The van der Waals surface area contributed by atoms with E-state index in [0.29, 0.717) is 6.42 Å². The molecule has 0 amide bonds. The third kappa shape index (κ3) is 4.52. The second-order valence-electron chi connectivity index (χ2n) is 6.90. The smallest absolute Gasteiger partial charge is 0.152 e. The van der Waals surface area contributed by atoms with E-state index in [9.17, 15) is 8.42 Å². The Hall–Kier alpha value is -0.130. The highest BCUT2D eigenvalue weighted by Gasteiger charge is 2.37. The van der Waals surface area contributed by atoms with Crippen molar-refractivity contribution in [1.29, 1.82) is 0 Å². The van der Waals surface area contributed by atoms with Crippen molar-refractivity contribution < 1.29 is 8.42 Å². The molecule has 0 unspecified atom stereocenters. The summed E-state index contributed by atoms with van der Waals surface area (Å²) in [6.07, 6.45) is 2.04. The Balaban J connectivity index is 2.63. The summed E-state index contributed by atoms with van der Waals surface area (Å²) in [6, 6.07) is 0. The van der Waals surface area contributed by atoms with Gasteiger partial charge in [0.25, 0.3) is 0 Å². The van der Waals surface area contributed by atoms with Crippen molar-refractivity contribution in [1.82, 2.24) is 10.2 Å². The number of nitrogens with zero attached hydrogens (tertiary/aromatic N) is 1. The summed E-state index contributed by atoms with van der Waals surface area (Å²) in [7, 11) is -3.01. The van der Waals surface area contributed by atoms with Crippen molar-refractivity contribution in [3.05, 3.63) is 0 Å². The van der Waals surface area contributed by atoms with Crippen LogP contribution in [-0.4, -0.2) is 57.0 Å². The van der Waals surface area contributed by atoms with Crippen molar-refractivity contribution in [2.45, 2.75) is 38.9 Å². The van der Waals surface area contributed by atoms with Crippen LogP contribution in [0.3, 0.4) is 0 Å². The van der Waals surface area contributed by atoms with Gasteiger partial charge in [0, 0.05) is 39.0 Å². The predicted octanol–water partition coefficient (Wildman–Crippen LogP) is 1.13. The SMILES string of the molecule is CC(C)(CN1CCNCC1)CC(C)(C)S(C)(=O)=O. The van der Waals surface area contributed by atoms with Crippen molar-refractivity contribution in [2.75, 3.05) is 39.0 Å². The molecule has 1 heterocycles. The largest absolute Gasteiger partial charge is 0.314 e. The lowest BCUT2D eigenvalue weighted by atomic mass is 9.83. The summed E-state index contributed by atoms with van der Waals surface area (Å²) in [6.45, 7) is 13.2. The van der Waals surface area contributed by atoms with Crippen LogP contribution in [-0.2, 0) is 9.84 Å². The monoisotopic (exact) mass is 276 g/mol. The van der Waals surface area contributed by atoms with Gasteiger partial charge >= 0.3 is 0 Å². The van der Waals surface area contributed by atoms with E-state index < -0.39 is 14.6 Å². The number of hydrogen-bond donors (Lipinski definition) is 1. The summed E-state index contributed by atoms with van der Waals surface area (Å²) < 4.78 is 23.0. The van der Waals surface area contributed by atoms with Crippen LogP contribution in [0.4, 0.5) is 0 Å². The maximum Gasteiger partial charge on any atom is 0.152 e. The van der Waals surface area contributed by atoms with E-state index in [1.807, 2.05) is 13.8 Å². The molecule has 0 atom stereocenters. The van der Waals surface area contributed by atoms with Crippen molar-refractivity contribution in [3.8, 4) is 0 Å². The van der Waals surface area contributed by atoms with Crippen LogP contribution in [0.5, 0.6) is 0 Å². The predicted molar refractivity (Wildman–Crippen MR) is 76.6 cm³/mol. The van der Waals surface area contributed by atoms with E-state index in [0.717, 1.165) is 32.7 Å². The van der Waals surface area contributed by atoms with E-state index in [2.05, 4.69) is 24.1 Å². The lowest BCUT2D eigenvalue weighted by Crippen LogP contribution is -2.48. The van der Waals surface area contributed by atoms with Crippen LogP contribution >= 0.6 is 0 Å². The molecule has 1 aliphatic heterocycles. The molecule has 5 heteroatoms. The molecule has 0 bridgehead atoms. The molecule has 1 N–H and O–H groups in total. The standard InChI is InChI=1S/C13H28N2O2S/c1-12(2,10-13(3,4)18(5,16)17)11-15-8-6-14-7-9-15/h14H,6-11H2,1-5H3. The average Bonchev–Trinajstić information content (AvgIpc) is 2.14. The summed E-state index contributed by atoms with van der Waals surface area (Å²) in [5.74, 6) is 0. The van der Waals surface area contributed by atoms with Crippen LogP contribution in [0.1, 0.15) is 34.1 Å². The lowest BCUT2D eigenvalue weighted by molar-refractivity contribution is 0.145. The molecule has 0 aliphatic carbocycles. The van der Waals surface area contributed by atoms with Crippen LogP contribution in [0.15, 0.2) is 0 Å². The van der Waals surface area contributed by atoms with Gasteiger partial charge in [0.2, 0.25) is 0 Å². The number of piperazine rings is 1. The van der Waals surface area contributed by atoms with Crippen LogP contribution in [0.2, 0.25) is 0 Å². The van der Waals surface area contributed by atoms with E-state index in [-0.39, 0.29) is 5.41 Å². The Morgan fingerprint density at radius 1 is 1.11 bits per heavy atom. The van der Waals surface area contributed by atoms with Gasteiger partial charge in [0.1, 0.15) is 0 Å². The zero-order valence-electron chi connectivity index (χ0n) is 12.4. The van der Waals surface area contributed by atoms with E-state index in [1.165, 1.54) is 6.26 Å². The Morgan fingerprint density at radius 3 is 2.06 bits per heavy atom. The molecule has 0 spiro atoms. The second kappa shape index (κ2) is 5.47. The Labute approximate surface area is 112 Å². The topological polar surface area (TPSA) is 49.4 Å². The summed E-state index contributed by atoms with van der Waals surface area (Å²) in [5, 5.41) is 3.34. The number of hydrogen-bond acceptors (Lipinski definition) is 4. The van der Waals surface area contributed by atoms with E-state index in [4.69, 9.17) is 0 Å². The quantitative estimate of drug-likeness (QED) is 0.818. The van der Waals surface area contributed by atoms with Gasteiger partial charge in [-0.05, 0) is 25.7 Å². The number of rotatable bonds is 5. The minimum Gasteiger partial charge on any atom is -0.314 e. The third-order valence-electron chi connectivity index (χ3n) is 3.77. The van der Waals surface area contributed by atoms with Gasteiger partial charge in [-0.1, -0.05) is 13.8 Å². The molecular formula is C13H28N2O2S. The highest BCUT2D eigenvalue weighted by Crippen LogP contribution is 2.33. The van der Waals surface area contributed by atoms with E-state index >= 15 is 0 Å². The molecule has 1 rings (SSSR count). The molecule has 0 aromatic heterocycles. The van der Waals surface area contributed by atoms with E-state index in [1.54, 1.807) is 0 Å². The van der Waals surface area contributed by atoms with Gasteiger partial charge in [-0.2, -0.15) is 0 Å². The molecule has 1 fully saturated rings. The van der Waals surface area contributed by atoms with Gasteiger partial charge in [0.05, 0.1) is 4.75 Å². The molecule has 0 aromatic carbocycles. The molecule has 108 valence electrons. The summed E-state index contributed by atoms with van der Waals surface area (Å²) >= 11 is 0. The van der Waals surface area contributed by atoms with Gasteiger partial charge in [-0.15, -0.1) is 0 Å². The van der Waals surface area contributed by atoms with Crippen LogP contribution in [0.25, 0.3) is 0 Å².